The van der Waals surface area contributed by atoms with Gasteiger partial charge in [0.25, 0.3) is 0 Å². The molecule has 0 atom stereocenters. The Kier molecular flexibility index (Phi) is 4.28. The third-order valence-electron chi connectivity index (χ3n) is 6.31. The van der Waals surface area contributed by atoms with E-state index in [1.54, 1.807) is 0 Å². The number of rotatable bonds is 3. The van der Waals surface area contributed by atoms with Crippen LogP contribution in [0.5, 0.6) is 0 Å². The van der Waals surface area contributed by atoms with Crippen molar-refractivity contribution in [2.45, 2.75) is 5.92 Å². The first-order valence-corrected chi connectivity index (χ1v) is 10.8. The van der Waals surface area contributed by atoms with Gasteiger partial charge in [-0.15, -0.1) is 0 Å². The van der Waals surface area contributed by atoms with Crippen LogP contribution < -0.4 is 10.4 Å². The van der Waals surface area contributed by atoms with Crippen LogP contribution in [-0.4, -0.2) is 0 Å². The summed E-state index contributed by atoms with van der Waals surface area (Å²) in [5, 5.41) is 5.28. The van der Waals surface area contributed by atoms with Crippen LogP contribution in [0.25, 0.3) is 11.6 Å². The molecule has 0 saturated carbocycles. The molecule has 0 amide bonds. The lowest BCUT2D eigenvalue weighted by Gasteiger charge is -2.17. The fraction of sp³-hybridized carbons (Fsp3) is 0.0323. The van der Waals surface area contributed by atoms with Gasteiger partial charge in [0.2, 0.25) is 0 Å². The molecule has 0 radical (unpaired) electrons. The highest BCUT2D eigenvalue weighted by molar-refractivity contribution is 5.81. The number of benzene rings is 4. The Morgan fingerprint density at radius 2 is 1.16 bits per heavy atom. The highest BCUT2D eigenvalue weighted by Crippen LogP contribution is 2.29. The van der Waals surface area contributed by atoms with Gasteiger partial charge in [-0.2, -0.15) is 0 Å². The quantitative estimate of drug-likeness (QED) is 0.375. The highest BCUT2D eigenvalue weighted by atomic mass is 14.2. The molecule has 0 saturated heterocycles. The van der Waals surface area contributed by atoms with Gasteiger partial charge in [-0.3, -0.25) is 0 Å². The Labute approximate surface area is 182 Å². The summed E-state index contributed by atoms with van der Waals surface area (Å²) >= 11 is 0. The molecule has 0 unspecified atom stereocenters. The van der Waals surface area contributed by atoms with Crippen molar-refractivity contribution in [2.75, 3.05) is 0 Å². The second kappa shape index (κ2) is 7.41. The third kappa shape index (κ3) is 3.00. The van der Waals surface area contributed by atoms with Crippen molar-refractivity contribution in [1.82, 2.24) is 0 Å². The monoisotopic (exact) mass is 394 g/mol. The number of fused-ring (bicyclic) bond motifs is 2. The smallest absolute Gasteiger partial charge is 0.0217 e. The van der Waals surface area contributed by atoms with Gasteiger partial charge in [-0.25, -0.2) is 0 Å². The fourth-order valence-electron chi connectivity index (χ4n) is 4.94. The van der Waals surface area contributed by atoms with E-state index in [0.29, 0.717) is 0 Å². The molecule has 0 nitrogen and oxygen atoms in total. The minimum absolute atomic E-state index is 0.276. The SMILES string of the molecule is C1=CC(c2c3c(ccc2=C(c2ccccc2)c2ccccc2)=c2ccccc2=C3)C=C1. The zero-order valence-corrected chi connectivity index (χ0v) is 17.2. The first kappa shape index (κ1) is 17.9. The number of allylic oxidation sites excluding steroid dienone is 4. The Hall–Kier alpha value is -3.90. The van der Waals surface area contributed by atoms with Crippen molar-refractivity contribution in [3.63, 3.8) is 0 Å². The molecule has 146 valence electrons. The van der Waals surface area contributed by atoms with E-state index in [9.17, 15) is 0 Å². The van der Waals surface area contributed by atoms with E-state index < -0.39 is 0 Å². The fourth-order valence-corrected chi connectivity index (χ4v) is 4.94. The molecule has 2 aliphatic carbocycles. The summed E-state index contributed by atoms with van der Waals surface area (Å²) in [6, 6.07) is 34.9. The lowest BCUT2D eigenvalue weighted by atomic mass is 9.87. The van der Waals surface area contributed by atoms with Gasteiger partial charge in [0, 0.05) is 5.92 Å². The maximum atomic E-state index is 2.37. The summed E-state index contributed by atoms with van der Waals surface area (Å²) in [7, 11) is 0. The molecule has 0 fully saturated rings. The number of hydrogen-bond donors (Lipinski definition) is 0. The largest absolute Gasteiger partial charge is 0.0732 e. The Morgan fingerprint density at radius 3 is 1.84 bits per heavy atom. The predicted molar refractivity (Wildman–Crippen MR) is 129 cm³/mol. The van der Waals surface area contributed by atoms with Crippen molar-refractivity contribution in [3.05, 3.63) is 164 Å². The summed E-state index contributed by atoms with van der Waals surface area (Å²) in [6.07, 6.45) is 11.3. The van der Waals surface area contributed by atoms with E-state index in [1.165, 1.54) is 48.7 Å². The average Bonchev–Trinajstić information content (AvgIpc) is 3.49. The van der Waals surface area contributed by atoms with Gasteiger partial charge in [0.1, 0.15) is 0 Å². The molecule has 0 aliphatic heterocycles. The second-order valence-electron chi connectivity index (χ2n) is 8.12. The molecule has 0 N–H and O–H groups in total. The Bertz CT molecular complexity index is 1500. The Morgan fingerprint density at radius 1 is 0.548 bits per heavy atom. The standard InChI is InChI=1S/C31H22/c1-3-11-22(12-4-1)30(23-13-5-2-6-14-23)28-20-19-27-26-18-10-9-17-25(26)21-29(27)31(28)24-15-7-8-16-24/h1-21,24H. The summed E-state index contributed by atoms with van der Waals surface area (Å²) in [6.45, 7) is 0. The molecule has 31 heavy (non-hydrogen) atoms. The van der Waals surface area contributed by atoms with Crippen LogP contribution in [0, 0.1) is 10.4 Å². The molecule has 0 bridgehead atoms. The van der Waals surface area contributed by atoms with Crippen molar-refractivity contribution in [2.24, 2.45) is 0 Å². The van der Waals surface area contributed by atoms with Crippen LogP contribution >= 0.6 is 0 Å². The lowest BCUT2D eigenvalue weighted by molar-refractivity contribution is 1.07. The summed E-state index contributed by atoms with van der Waals surface area (Å²) in [4.78, 5) is 0. The maximum Gasteiger partial charge on any atom is 0.0217 e. The summed E-state index contributed by atoms with van der Waals surface area (Å²) in [5.74, 6) is 0.276. The van der Waals surface area contributed by atoms with E-state index >= 15 is 0 Å². The van der Waals surface area contributed by atoms with Crippen LogP contribution in [0.2, 0.25) is 0 Å². The van der Waals surface area contributed by atoms with Crippen LogP contribution in [0.3, 0.4) is 0 Å². The van der Waals surface area contributed by atoms with Gasteiger partial charge in [-0.05, 0) is 54.8 Å². The van der Waals surface area contributed by atoms with Gasteiger partial charge >= 0.3 is 0 Å². The van der Waals surface area contributed by atoms with Crippen LogP contribution in [0.15, 0.2) is 121 Å². The van der Waals surface area contributed by atoms with Crippen LogP contribution in [0.1, 0.15) is 28.2 Å². The van der Waals surface area contributed by atoms with Gasteiger partial charge in [0.05, 0.1) is 0 Å². The van der Waals surface area contributed by atoms with Crippen LogP contribution in [-0.2, 0) is 0 Å². The summed E-state index contributed by atoms with van der Waals surface area (Å²) < 4.78 is 0. The molecular weight excluding hydrogens is 372 g/mol. The van der Waals surface area contributed by atoms with E-state index in [1.807, 2.05) is 0 Å². The molecular formula is C31H22. The van der Waals surface area contributed by atoms with E-state index in [-0.39, 0.29) is 5.92 Å². The number of hydrogen-bond acceptors (Lipinski definition) is 0. The second-order valence-corrected chi connectivity index (χ2v) is 8.12. The third-order valence-corrected chi connectivity index (χ3v) is 6.31. The maximum absolute atomic E-state index is 2.37. The normalized spacial score (nSPS) is 13.7. The first-order valence-electron chi connectivity index (χ1n) is 10.8. The van der Waals surface area contributed by atoms with E-state index in [0.717, 1.165) is 0 Å². The van der Waals surface area contributed by atoms with Crippen molar-refractivity contribution in [1.29, 1.82) is 0 Å². The molecule has 6 rings (SSSR count). The van der Waals surface area contributed by atoms with Crippen LogP contribution in [0.4, 0.5) is 0 Å². The molecule has 0 heterocycles. The van der Waals surface area contributed by atoms with E-state index in [2.05, 4.69) is 127 Å². The van der Waals surface area contributed by atoms with Crippen molar-refractivity contribution >= 4 is 11.6 Å². The highest BCUT2D eigenvalue weighted by Gasteiger charge is 2.19. The van der Waals surface area contributed by atoms with Crippen molar-refractivity contribution in [3.8, 4) is 0 Å². The molecule has 0 heteroatoms. The predicted octanol–water partition coefficient (Wildman–Crippen LogP) is 5.57. The van der Waals surface area contributed by atoms with E-state index in [4.69, 9.17) is 0 Å². The molecule has 4 aromatic carbocycles. The van der Waals surface area contributed by atoms with Crippen molar-refractivity contribution < 1.29 is 0 Å². The minimum Gasteiger partial charge on any atom is -0.0732 e. The molecule has 0 spiro atoms. The van der Waals surface area contributed by atoms with Gasteiger partial charge < -0.3 is 0 Å². The minimum atomic E-state index is 0.276. The lowest BCUT2D eigenvalue weighted by Crippen LogP contribution is -2.18. The zero-order chi connectivity index (χ0) is 20.6. The van der Waals surface area contributed by atoms with Gasteiger partial charge in [0.15, 0.2) is 0 Å². The average molecular weight is 395 g/mol. The topological polar surface area (TPSA) is 0 Å². The molecule has 0 aromatic heterocycles. The Balaban J connectivity index is 1.81. The zero-order valence-electron chi connectivity index (χ0n) is 17.2. The van der Waals surface area contributed by atoms with Gasteiger partial charge in [-0.1, -0.05) is 121 Å². The molecule has 2 aliphatic rings. The first-order chi connectivity index (χ1) is 15.4. The summed E-state index contributed by atoms with van der Waals surface area (Å²) in [5.41, 5.74) is 6.52. The molecule has 4 aromatic rings.